The summed E-state index contributed by atoms with van der Waals surface area (Å²) in [5.41, 5.74) is 0. The fourth-order valence-corrected chi connectivity index (χ4v) is 1.37. The molecule has 0 aliphatic rings. The number of rotatable bonds is 6. The predicted molar refractivity (Wildman–Crippen MR) is 54.8 cm³/mol. The minimum Gasteiger partial charge on any atom is -0.388 e. The minimum absolute atomic E-state index is 0.365. The Balaban J connectivity index is 3.56. The first kappa shape index (κ1) is 12.3. The number of aliphatic hydroxyl groups is 1. The van der Waals surface area contributed by atoms with Crippen molar-refractivity contribution in [1.82, 2.24) is 0 Å². The Labute approximate surface area is 84.4 Å². The molecular weight excluding hydrogens is 195 g/mol. The van der Waals surface area contributed by atoms with Crippen molar-refractivity contribution in [1.29, 1.82) is 0 Å². The van der Waals surface area contributed by atoms with E-state index in [0.29, 0.717) is 10.9 Å². The van der Waals surface area contributed by atoms with E-state index in [1.165, 1.54) is 0 Å². The van der Waals surface area contributed by atoms with Gasteiger partial charge in [0, 0.05) is 10.9 Å². The average Bonchev–Trinajstić information content (AvgIpc) is 2.05. The average molecular weight is 211 g/mol. The highest BCUT2D eigenvalue weighted by molar-refractivity contribution is 6.30. The van der Waals surface area contributed by atoms with Crippen LogP contribution < -0.4 is 0 Å². The molecule has 1 unspecified atom stereocenters. The molecule has 0 aliphatic heterocycles. The normalized spacial score (nSPS) is 14.8. The third kappa shape index (κ3) is 5.87. The van der Waals surface area contributed by atoms with Gasteiger partial charge in [-0.1, -0.05) is 43.9 Å². The van der Waals surface area contributed by atoms with Gasteiger partial charge in [0.2, 0.25) is 0 Å². The van der Waals surface area contributed by atoms with Gasteiger partial charge in [0.1, 0.15) is 0 Å². The van der Waals surface area contributed by atoms with Gasteiger partial charge in [0.15, 0.2) is 0 Å². The van der Waals surface area contributed by atoms with Crippen LogP contribution >= 0.6 is 23.2 Å². The number of aliphatic hydroxyl groups excluding tert-OH is 1. The Morgan fingerprint density at radius 2 is 2.17 bits per heavy atom. The molecule has 0 saturated carbocycles. The van der Waals surface area contributed by atoms with Crippen molar-refractivity contribution in [3.63, 3.8) is 0 Å². The van der Waals surface area contributed by atoms with E-state index in [9.17, 15) is 5.11 Å². The quantitative estimate of drug-likeness (QED) is 0.528. The Hall–Kier alpha value is 0.280. The van der Waals surface area contributed by atoms with Gasteiger partial charge >= 0.3 is 0 Å². The third-order valence-corrected chi connectivity index (χ3v) is 2.23. The molecule has 72 valence electrons. The molecule has 12 heavy (non-hydrogen) atoms. The van der Waals surface area contributed by atoms with Gasteiger partial charge < -0.3 is 5.11 Å². The van der Waals surface area contributed by atoms with E-state index in [-0.39, 0.29) is 0 Å². The molecule has 3 heteroatoms. The molecule has 0 radical (unpaired) electrons. The second-order valence-electron chi connectivity index (χ2n) is 2.75. The fourth-order valence-electron chi connectivity index (χ4n) is 0.935. The molecule has 0 rings (SSSR count). The number of allylic oxidation sites excluding steroid dienone is 1. The molecule has 0 spiro atoms. The minimum atomic E-state index is -0.517. The van der Waals surface area contributed by atoms with Crippen molar-refractivity contribution in [3.05, 3.63) is 11.1 Å². The highest BCUT2D eigenvalue weighted by Gasteiger charge is 2.06. The van der Waals surface area contributed by atoms with Gasteiger partial charge in [-0.15, -0.1) is 11.6 Å². The van der Waals surface area contributed by atoms with E-state index < -0.39 is 6.10 Å². The molecule has 0 amide bonds. The molecule has 0 aromatic heterocycles. The first-order valence-electron chi connectivity index (χ1n) is 4.32. The van der Waals surface area contributed by atoms with Crippen molar-refractivity contribution in [3.8, 4) is 0 Å². The van der Waals surface area contributed by atoms with Gasteiger partial charge in [-0.25, -0.2) is 0 Å². The largest absolute Gasteiger partial charge is 0.388 e. The van der Waals surface area contributed by atoms with Crippen LogP contribution in [0.3, 0.4) is 0 Å². The first-order valence-corrected chi connectivity index (χ1v) is 5.23. The number of halogens is 2. The Morgan fingerprint density at radius 3 is 2.67 bits per heavy atom. The number of alkyl halides is 1. The second-order valence-corrected chi connectivity index (χ2v) is 3.50. The summed E-state index contributed by atoms with van der Waals surface area (Å²) in [5, 5.41) is 9.89. The van der Waals surface area contributed by atoms with Crippen LogP contribution in [0.2, 0.25) is 0 Å². The van der Waals surface area contributed by atoms with Crippen LogP contribution in [0, 0.1) is 0 Å². The molecule has 0 heterocycles. The molecule has 0 aromatic rings. The maximum absolute atomic E-state index is 9.42. The maximum Gasteiger partial charge on any atom is 0.0892 e. The zero-order valence-electron chi connectivity index (χ0n) is 7.39. The zero-order valence-corrected chi connectivity index (χ0v) is 8.91. The van der Waals surface area contributed by atoms with Gasteiger partial charge in [-0.05, 0) is 6.42 Å². The lowest BCUT2D eigenvalue weighted by atomic mass is 10.1. The smallest absolute Gasteiger partial charge is 0.0892 e. The lowest BCUT2D eigenvalue weighted by Gasteiger charge is -2.08. The highest BCUT2D eigenvalue weighted by Crippen LogP contribution is 2.14. The van der Waals surface area contributed by atoms with Crippen molar-refractivity contribution in [2.75, 3.05) is 5.88 Å². The fraction of sp³-hybridized carbons (Fsp3) is 0.778. The first-order chi connectivity index (χ1) is 5.72. The van der Waals surface area contributed by atoms with Crippen LogP contribution in [-0.4, -0.2) is 17.1 Å². The summed E-state index contributed by atoms with van der Waals surface area (Å²) in [6.07, 6.45) is 5.17. The van der Waals surface area contributed by atoms with Crippen LogP contribution in [0.5, 0.6) is 0 Å². The number of hydrogen-bond acceptors (Lipinski definition) is 1. The molecule has 0 aliphatic carbocycles. The lowest BCUT2D eigenvalue weighted by molar-refractivity contribution is 0.203. The van der Waals surface area contributed by atoms with E-state index in [1.807, 2.05) is 0 Å². The zero-order chi connectivity index (χ0) is 9.40. The van der Waals surface area contributed by atoms with Gasteiger partial charge in [0.05, 0.1) is 6.10 Å². The summed E-state index contributed by atoms with van der Waals surface area (Å²) in [4.78, 5) is 0. The van der Waals surface area contributed by atoms with Crippen LogP contribution in [-0.2, 0) is 0 Å². The van der Waals surface area contributed by atoms with Crippen LogP contribution in [0.15, 0.2) is 11.1 Å². The second kappa shape index (κ2) is 7.90. The predicted octanol–water partition coefficient (Wildman–Crippen LogP) is 3.29. The van der Waals surface area contributed by atoms with E-state index in [4.69, 9.17) is 23.2 Å². The Kier molecular flexibility index (Phi) is 8.09. The molecule has 0 fully saturated rings. The van der Waals surface area contributed by atoms with Crippen molar-refractivity contribution in [2.24, 2.45) is 0 Å². The molecule has 0 bridgehead atoms. The third-order valence-electron chi connectivity index (χ3n) is 1.67. The summed E-state index contributed by atoms with van der Waals surface area (Å²) < 4.78 is 0. The molecule has 1 N–H and O–H groups in total. The standard InChI is InChI=1S/C9H16Cl2O/c1-2-3-4-5-9(12)8(11)6-7-10/h6,9,12H,2-5,7H2,1H3/b8-6-. The molecule has 0 aromatic carbocycles. The van der Waals surface area contributed by atoms with E-state index in [0.717, 1.165) is 25.7 Å². The van der Waals surface area contributed by atoms with Gasteiger partial charge in [0.25, 0.3) is 0 Å². The summed E-state index contributed by atoms with van der Waals surface area (Å²) in [6.45, 7) is 2.13. The highest BCUT2D eigenvalue weighted by atomic mass is 35.5. The summed E-state index contributed by atoms with van der Waals surface area (Å²) >= 11 is 11.2. The van der Waals surface area contributed by atoms with Crippen LogP contribution in [0.4, 0.5) is 0 Å². The van der Waals surface area contributed by atoms with Gasteiger partial charge in [-0.2, -0.15) is 0 Å². The SMILES string of the molecule is CCCCCC(O)/C(Cl)=C/CCl. The molecule has 0 saturated heterocycles. The summed E-state index contributed by atoms with van der Waals surface area (Å²) in [5.74, 6) is 0.365. The topological polar surface area (TPSA) is 20.2 Å². The maximum atomic E-state index is 9.42. The summed E-state index contributed by atoms with van der Waals surface area (Å²) in [7, 11) is 0. The van der Waals surface area contributed by atoms with Crippen molar-refractivity contribution in [2.45, 2.75) is 38.7 Å². The molecule has 1 nitrogen and oxygen atoms in total. The Morgan fingerprint density at radius 1 is 1.50 bits per heavy atom. The van der Waals surface area contributed by atoms with E-state index in [1.54, 1.807) is 6.08 Å². The Bertz CT molecular complexity index is 134. The van der Waals surface area contributed by atoms with E-state index >= 15 is 0 Å². The molecule has 1 atom stereocenters. The van der Waals surface area contributed by atoms with E-state index in [2.05, 4.69) is 6.92 Å². The monoisotopic (exact) mass is 210 g/mol. The van der Waals surface area contributed by atoms with Crippen LogP contribution in [0.1, 0.15) is 32.6 Å². The molecular formula is C9H16Cl2O. The number of hydrogen-bond donors (Lipinski definition) is 1. The van der Waals surface area contributed by atoms with Crippen molar-refractivity contribution >= 4 is 23.2 Å². The number of unbranched alkanes of at least 4 members (excludes halogenated alkanes) is 2. The van der Waals surface area contributed by atoms with Crippen molar-refractivity contribution < 1.29 is 5.11 Å². The van der Waals surface area contributed by atoms with Crippen LogP contribution in [0.25, 0.3) is 0 Å². The lowest BCUT2D eigenvalue weighted by Crippen LogP contribution is -2.06. The summed E-state index contributed by atoms with van der Waals surface area (Å²) in [6, 6.07) is 0. The van der Waals surface area contributed by atoms with Gasteiger partial charge in [-0.3, -0.25) is 0 Å².